The Labute approximate surface area is 99.6 Å². The fourth-order valence-corrected chi connectivity index (χ4v) is 2.58. The topological polar surface area (TPSA) is 32.3 Å². The molecule has 1 amide bonds. The van der Waals surface area contributed by atoms with Gasteiger partial charge in [0.05, 0.1) is 0 Å². The van der Waals surface area contributed by atoms with E-state index in [0.29, 0.717) is 11.9 Å². The van der Waals surface area contributed by atoms with E-state index in [1.54, 1.807) is 0 Å². The van der Waals surface area contributed by atoms with Crippen LogP contribution in [0.4, 0.5) is 0 Å². The van der Waals surface area contributed by atoms with Crippen molar-refractivity contribution in [2.75, 3.05) is 19.6 Å². The lowest BCUT2D eigenvalue weighted by Gasteiger charge is -2.36. The Morgan fingerprint density at radius 1 is 1.25 bits per heavy atom. The summed E-state index contributed by atoms with van der Waals surface area (Å²) in [6.07, 6.45) is 4.16. The molecule has 0 aromatic rings. The molecule has 0 saturated carbocycles. The Morgan fingerprint density at radius 2 is 1.81 bits per heavy atom. The third kappa shape index (κ3) is 3.21. The van der Waals surface area contributed by atoms with Crippen LogP contribution in [-0.4, -0.2) is 36.5 Å². The minimum atomic E-state index is 0.231. The first kappa shape index (κ1) is 13.5. The predicted octanol–water partition coefficient (Wildman–Crippen LogP) is 2.02. The highest BCUT2D eigenvalue weighted by atomic mass is 16.2. The fraction of sp³-hybridized carbons (Fsp3) is 0.923. The van der Waals surface area contributed by atoms with Gasteiger partial charge in [-0.3, -0.25) is 4.79 Å². The van der Waals surface area contributed by atoms with Gasteiger partial charge in [0, 0.05) is 18.5 Å². The van der Waals surface area contributed by atoms with Crippen LogP contribution >= 0.6 is 0 Å². The molecule has 1 saturated heterocycles. The normalized spacial score (nSPS) is 17.8. The molecule has 0 aliphatic carbocycles. The maximum absolute atomic E-state index is 12.3. The van der Waals surface area contributed by atoms with Gasteiger partial charge in [-0.15, -0.1) is 0 Å². The summed E-state index contributed by atoms with van der Waals surface area (Å²) in [4.78, 5) is 14.5. The van der Waals surface area contributed by atoms with E-state index in [-0.39, 0.29) is 5.92 Å². The van der Waals surface area contributed by atoms with Gasteiger partial charge in [0.15, 0.2) is 0 Å². The third-order valence-electron chi connectivity index (χ3n) is 3.71. The van der Waals surface area contributed by atoms with E-state index in [4.69, 9.17) is 0 Å². The number of amides is 1. The van der Waals surface area contributed by atoms with E-state index in [1.807, 2.05) is 0 Å². The van der Waals surface area contributed by atoms with Crippen LogP contribution in [-0.2, 0) is 4.79 Å². The Kier molecular flexibility index (Phi) is 5.81. The number of hydrogen-bond donors (Lipinski definition) is 1. The Balaban J connectivity index is 2.60. The zero-order chi connectivity index (χ0) is 12.0. The van der Waals surface area contributed by atoms with Crippen LogP contribution in [0.5, 0.6) is 0 Å². The Morgan fingerprint density at radius 3 is 2.25 bits per heavy atom. The van der Waals surface area contributed by atoms with Gasteiger partial charge >= 0.3 is 0 Å². The SMILES string of the molecule is CCC(CC)C(=O)N(CC)C1CCNCC1. The fourth-order valence-electron chi connectivity index (χ4n) is 2.58. The van der Waals surface area contributed by atoms with Crippen molar-refractivity contribution in [2.45, 2.75) is 52.5 Å². The van der Waals surface area contributed by atoms with Gasteiger partial charge in [-0.1, -0.05) is 13.8 Å². The second kappa shape index (κ2) is 6.89. The van der Waals surface area contributed by atoms with Crippen molar-refractivity contribution in [3.05, 3.63) is 0 Å². The maximum Gasteiger partial charge on any atom is 0.225 e. The highest BCUT2D eigenvalue weighted by Crippen LogP contribution is 2.18. The molecule has 3 nitrogen and oxygen atoms in total. The molecule has 94 valence electrons. The number of nitrogens with zero attached hydrogens (tertiary/aromatic N) is 1. The van der Waals surface area contributed by atoms with Gasteiger partial charge < -0.3 is 10.2 Å². The van der Waals surface area contributed by atoms with Crippen LogP contribution in [0, 0.1) is 5.92 Å². The van der Waals surface area contributed by atoms with Gasteiger partial charge in [0.2, 0.25) is 5.91 Å². The summed E-state index contributed by atoms with van der Waals surface area (Å²) >= 11 is 0. The van der Waals surface area contributed by atoms with E-state index in [1.165, 1.54) is 0 Å². The molecule has 0 atom stereocenters. The molecular formula is C13H26N2O. The molecule has 3 heteroatoms. The average molecular weight is 226 g/mol. The first-order valence-electron chi connectivity index (χ1n) is 6.75. The lowest BCUT2D eigenvalue weighted by molar-refractivity contribution is -0.138. The molecular weight excluding hydrogens is 200 g/mol. The number of rotatable bonds is 5. The molecule has 16 heavy (non-hydrogen) atoms. The van der Waals surface area contributed by atoms with Gasteiger partial charge in [-0.05, 0) is 45.7 Å². The maximum atomic E-state index is 12.3. The minimum absolute atomic E-state index is 0.231. The number of hydrogen-bond acceptors (Lipinski definition) is 2. The standard InChI is InChI=1S/C13H26N2O/c1-4-11(5-2)13(16)15(6-3)12-7-9-14-10-8-12/h11-12,14H,4-10H2,1-3H3. The van der Waals surface area contributed by atoms with E-state index in [2.05, 4.69) is 31.0 Å². The second-order valence-corrected chi connectivity index (χ2v) is 4.62. The van der Waals surface area contributed by atoms with Crippen LogP contribution in [0.25, 0.3) is 0 Å². The van der Waals surface area contributed by atoms with Crippen molar-refractivity contribution in [2.24, 2.45) is 5.92 Å². The summed E-state index contributed by atoms with van der Waals surface area (Å²) in [6.45, 7) is 9.29. The minimum Gasteiger partial charge on any atom is -0.340 e. The molecule has 0 bridgehead atoms. The highest BCUT2D eigenvalue weighted by Gasteiger charge is 2.27. The third-order valence-corrected chi connectivity index (χ3v) is 3.71. The zero-order valence-corrected chi connectivity index (χ0v) is 11.0. The number of nitrogens with one attached hydrogen (secondary N) is 1. The molecule has 1 rings (SSSR count). The molecule has 0 aromatic carbocycles. The summed E-state index contributed by atoms with van der Waals surface area (Å²) in [5.41, 5.74) is 0. The van der Waals surface area contributed by atoms with Gasteiger partial charge in [0.1, 0.15) is 0 Å². The molecule has 0 aromatic heterocycles. The van der Waals surface area contributed by atoms with Crippen LogP contribution in [0.15, 0.2) is 0 Å². The van der Waals surface area contributed by atoms with E-state index in [0.717, 1.165) is 45.3 Å². The number of piperidine rings is 1. The van der Waals surface area contributed by atoms with Crippen LogP contribution in [0.1, 0.15) is 46.5 Å². The van der Waals surface area contributed by atoms with Crippen LogP contribution < -0.4 is 5.32 Å². The van der Waals surface area contributed by atoms with Crippen molar-refractivity contribution in [1.82, 2.24) is 10.2 Å². The molecule has 0 spiro atoms. The quantitative estimate of drug-likeness (QED) is 0.778. The number of carbonyl (C=O) groups is 1. The molecule has 1 fully saturated rings. The van der Waals surface area contributed by atoms with Gasteiger partial charge in [-0.25, -0.2) is 0 Å². The second-order valence-electron chi connectivity index (χ2n) is 4.62. The summed E-state index contributed by atoms with van der Waals surface area (Å²) in [6, 6.07) is 0.472. The predicted molar refractivity (Wildman–Crippen MR) is 67.4 cm³/mol. The van der Waals surface area contributed by atoms with Crippen molar-refractivity contribution in [3.8, 4) is 0 Å². The average Bonchev–Trinajstić information content (AvgIpc) is 2.33. The summed E-state index contributed by atoms with van der Waals surface area (Å²) in [7, 11) is 0. The van der Waals surface area contributed by atoms with Crippen LogP contribution in [0.2, 0.25) is 0 Å². The van der Waals surface area contributed by atoms with Gasteiger partial charge in [-0.2, -0.15) is 0 Å². The Hall–Kier alpha value is -0.570. The zero-order valence-electron chi connectivity index (χ0n) is 11.0. The molecule has 1 aliphatic heterocycles. The summed E-state index contributed by atoms with van der Waals surface area (Å²) < 4.78 is 0. The van der Waals surface area contributed by atoms with Crippen LogP contribution in [0.3, 0.4) is 0 Å². The molecule has 1 N–H and O–H groups in total. The molecule has 0 unspecified atom stereocenters. The number of carbonyl (C=O) groups excluding carboxylic acids is 1. The summed E-state index contributed by atoms with van der Waals surface area (Å²) in [5.74, 6) is 0.606. The monoisotopic (exact) mass is 226 g/mol. The van der Waals surface area contributed by atoms with Crippen molar-refractivity contribution < 1.29 is 4.79 Å². The molecule has 0 radical (unpaired) electrons. The molecule has 1 aliphatic rings. The Bertz CT molecular complexity index is 208. The smallest absolute Gasteiger partial charge is 0.225 e. The summed E-state index contributed by atoms with van der Waals surface area (Å²) in [5, 5.41) is 3.35. The highest BCUT2D eigenvalue weighted by molar-refractivity contribution is 5.79. The largest absolute Gasteiger partial charge is 0.340 e. The molecule has 1 heterocycles. The first-order chi connectivity index (χ1) is 7.74. The first-order valence-corrected chi connectivity index (χ1v) is 6.75. The van der Waals surface area contributed by atoms with E-state index >= 15 is 0 Å². The van der Waals surface area contributed by atoms with Crippen molar-refractivity contribution in [3.63, 3.8) is 0 Å². The lowest BCUT2D eigenvalue weighted by atomic mass is 9.98. The lowest BCUT2D eigenvalue weighted by Crippen LogP contribution is -2.48. The van der Waals surface area contributed by atoms with E-state index < -0.39 is 0 Å². The van der Waals surface area contributed by atoms with Gasteiger partial charge in [0.25, 0.3) is 0 Å². The van der Waals surface area contributed by atoms with Crippen molar-refractivity contribution in [1.29, 1.82) is 0 Å². The van der Waals surface area contributed by atoms with E-state index in [9.17, 15) is 4.79 Å². The van der Waals surface area contributed by atoms with Crippen molar-refractivity contribution >= 4 is 5.91 Å².